The molecule has 1 aromatic carbocycles. The van der Waals surface area contributed by atoms with Gasteiger partial charge in [0.2, 0.25) is 47.3 Å². The lowest BCUT2D eigenvalue weighted by molar-refractivity contribution is -0.333. The van der Waals surface area contributed by atoms with Gasteiger partial charge in [0.1, 0.15) is 79.5 Å². The number of benzene rings is 1. The van der Waals surface area contributed by atoms with Crippen molar-refractivity contribution in [2.45, 2.75) is 152 Å². The molecule has 14 atom stereocenters. The largest absolute Gasteiger partial charge is 0.481 e. The van der Waals surface area contributed by atoms with Crippen molar-refractivity contribution in [3.05, 3.63) is 35.9 Å². The third-order valence-electron chi connectivity index (χ3n) is 11.0. The number of carbonyl (C=O) groups is 10. The predicted molar refractivity (Wildman–Crippen MR) is 242 cm³/mol. The number of hydrazine groups is 1. The molecule has 30 nitrogen and oxygen atoms in total. The number of aliphatic carboxylic acids is 1. The number of carboxylic acids is 1. The second-order valence-corrected chi connectivity index (χ2v) is 16.8. The lowest BCUT2D eigenvalue weighted by atomic mass is 9.94. The molecule has 3 rings (SSSR count). The normalized spacial score (nSPS) is 25.2. The first-order valence-corrected chi connectivity index (χ1v) is 22.8. The number of hydrogen-bond acceptors (Lipinski definition) is 20. The molecule has 408 valence electrons. The molecule has 16 N–H and O–H groups in total. The summed E-state index contributed by atoms with van der Waals surface area (Å²) < 4.78 is 28.1. The average Bonchev–Trinajstić information content (AvgIpc) is 3.33. The molecule has 0 aromatic heterocycles. The lowest BCUT2D eigenvalue weighted by Gasteiger charge is -2.48. The topological polar surface area (TPSA) is 460 Å². The van der Waals surface area contributed by atoms with E-state index in [1.54, 1.807) is 30.3 Å². The van der Waals surface area contributed by atoms with Crippen LogP contribution in [0.25, 0.3) is 0 Å². The summed E-state index contributed by atoms with van der Waals surface area (Å²) in [5.41, 5.74) is 10.3. The van der Waals surface area contributed by atoms with Gasteiger partial charge in [-0.3, -0.25) is 48.6 Å². The molecule has 2 saturated heterocycles. The Morgan fingerprint density at radius 1 is 0.699 bits per heavy atom. The fourth-order valence-electron chi connectivity index (χ4n) is 7.24. The van der Waals surface area contributed by atoms with E-state index in [0.29, 0.717) is 5.56 Å². The van der Waals surface area contributed by atoms with Crippen molar-refractivity contribution < 1.29 is 102 Å². The summed E-state index contributed by atoms with van der Waals surface area (Å²) in [7, 11) is 0. The molecule has 1 aromatic rings. The van der Waals surface area contributed by atoms with Crippen LogP contribution in [0.5, 0.6) is 0 Å². The molecule has 0 spiro atoms. The quantitative estimate of drug-likeness (QED) is 0.0384. The number of carbonyl (C=O) groups excluding carboxylic acids is 9. The van der Waals surface area contributed by atoms with E-state index in [1.165, 1.54) is 13.8 Å². The SMILES string of the molecule is CC(=O)NC1C(OC2C(CO)OC(O)C(NC(C)=O)C2OC(C)C(=O)NC(C)C(=O)NC(CCC(=O)NC(CCC(=O)O)C(=O)NCCC(=O)NNC(=O)OCc2ccccc2)C(N)=O)OC(CO)C(O)C1O. The van der Waals surface area contributed by atoms with E-state index in [9.17, 15) is 78.6 Å². The van der Waals surface area contributed by atoms with Crippen LogP contribution in [0.2, 0.25) is 0 Å². The van der Waals surface area contributed by atoms with Gasteiger partial charge in [0.15, 0.2) is 12.6 Å². The molecule has 0 bridgehead atoms. The Balaban J connectivity index is 1.61. The Kier molecular flexibility index (Phi) is 24.7. The number of ether oxygens (including phenoxy) is 5. The standard InChI is InChI=1S/C43H65N9O21/c1-19(46-39(65)20(2)70-36-32(48-22(4)56)41(67)71-27(17-54)35(36)73-42-31(47-21(3)55)34(62)33(61)26(16-53)72-42)38(64)50-24(37(44)63)10-12-28(57)49-25(11-13-30(59)60)40(66)45-15-14-29(58)51-52-43(68)69-18-23-8-6-5-7-9-23/h5-9,19-20,24-27,31-36,41-42,53-54,61-62,67H,10-18H2,1-4H3,(H2,44,63)(H,45,66)(H,46,65)(H,47,55)(H,48,56)(H,49,57)(H,50,64)(H,51,58)(H,52,68)(H,59,60). The highest BCUT2D eigenvalue weighted by molar-refractivity contribution is 5.93. The predicted octanol–water partition coefficient (Wildman–Crippen LogP) is -6.63. The second kappa shape index (κ2) is 29.8. The number of amides is 9. The first-order chi connectivity index (χ1) is 34.4. The fraction of sp³-hybridized carbons (Fsp3) is 0.628. The molecule has 30 heteroatoms. The maximum absolute atomic E-state index is 13.5. The van der Waals surface area contributed by atoms with E-state index < -0.39 is 184 Å². The van der Waals surface area contributed by atoms with Gasteiger partial charge in [0.05, 0.1) is 13.2 Å². The highest BCUT2D eigenvalue weighted by Crippen LogP contribution is 2.31. The summed E-state index contributed by atoms with van der Waals surface area (Å²) in [4.78, 5) is 125. The van der Waals surface area contributed by atoms with E-state index >= 15 is 0 Å². The Labute approximate surface area is 417 Å². The first-order valence-electron chi connectivity index (χ1n) is 22.8. The number of carboxylic acid groups (broad SMARTS) is 1. The zero-order valence-electron chi connectivity index (χ0n) is 40.2. The number of rotatable bonds is 26. The van der Waals surface area contributed by atoms with E-state index in [2.05, 4.69) is 37.3 Å². The summed E-state index contributed by atoms with van der Waals surface area (Å²) in [6.45, 7) is 2.45. The van der Waals surface area contributed by atoms with E-state index in [1.807, 2.05) is 5.43 Å². The van der Waals surface area contributed by atoms with Crippen LogP contribution in [-0.2, 0) is 73.4 Å². The zero-order valence-corrected chi connectivity index (χ0v) is 40.2. The van der Waals surface area contributed by atoms with E-state index in [-0.39, 0.29) is 19.6 Å². The Morgan fingerprint density at radius 2 is 1.33 bits per heavy atom. The first kappa shape index (κ1) is 60.7. The molecule has 0 aliphatic carbocycles. The zero-order chi connectivity index (χ0) is 54.5. The molecule has 14 unspecified atom stereocenters. The van der Waals surface area contributed by atoms with Crippen molar-refractivity contribution in [2.24, 2.45) is 5.73 Å². The van der Waals surface area contributed by atoms with Crippen molar-refractivity contribution in [1.29, 1.82) is 0 Å². The molecular weight excluding hydrogens is 979 g/mol. The van der Waals surface area contributed by atoms with Gasteiger partial charge in [-0.2, -0.15) is 0 Å². The van der Waals surface area contributed by atoms with E-state index in [0.717, 1.165) is 13.8 Å². The molecule has 9 amide bonds. The minimum atomic E-state index is -1.90. The number of aliphatic hydroxyl groups is 5. The van der Waals surface area contributed by atoms with Crippen LogP contribution >= 0.6 is 0 Å². The third kappa shape index (κ3) is 19.7. The molecule has 73 heavy (non-hydrogen) atoms. The van der Waals surface area contributed by atoms with Crippen LogP contribution in [0.3, 0.4) is 0 Å². The van der Waals surface area contributed by atoms with Gasteiger partial charge >= 0.3 is 12.1 Å². The molecule has 0 radical (unpaired) electrons. The third-order valence-corrected chi connectivity index (χ3v) is 11.0. The summed E-state index contributed by atoms with van der Waals surface area (Å²) in [5.74, 6) is -8.35. The minimum Gasteiger partial charge on any atom is -0.481 e. The van der Waals surface area contributed by atoms with Crippen LogP contribution in [-0.4, -0.2) is 195 Å². The van der Waals surface area contributed by atoms with Gasteiger partial charge in [0, 0.05) is 39.7 Å². The average molecular weight is 1040 g/mol. The summed E-state index contributed by atoms with van der Waals surface area (Å²) >= 11 is 0. The molecule has 2 heterocycles. The Hall–Kier alpha value is -6.64. The van der Waals surface area contributed by atoms with Gasteiger partial charge in [-0.1, -0.05) is 30.3 Å². The van der Waals surface area contributed by atoms with Crippen LogP contribution in [0, 0.1) is 0 Å². The molecule has 0 saturated carbocycles. The summed E-state index contributed by atoms with van der Waals surface area (Å²) in [6.07, 6.45) is -18.2. The van der Waals surface area contributed by atoms with Crippen molar-refractivity contribution >= 4 is 59.3 Å². The number of nitrogens with two attached hydrogens (primary N) is 1. The number of aliphatic hydroxyl groups excluding tert-OH is 5. The van der Waals surface area contributed by atoms with Crippen molar-refractivity contribution in [2.75, 3.05) is 19.8 Å². The number of primary amides is 1. The Bertz CT molecular complexity index is 2070. The van der Waals surface area contributed by atoms with Crippen molar-refractivity contribution in [3.63, 3.8) is 0 Å². The molecule has 2 aliphatic rings. The molecule has 2 fully saturated rings. The van der Waals surface area contributed by atoms with Crippen LogP contribution < -0.4 is 48.5 Å². The van der Waals surface area contributed by atoms with Gasteiger partial charge in [0.25, 0.3) is 0 Å². The van der Waals surface area contributed by atoms with Gasteiger partial charge in [-0.15, -0.1) is 0 Å². The smallest absolute Gasteiger partial charge is 0.426 e. The highest BCUT2D eigenvalue weighted by atomic mass is 16.7. The monoisotopic (exact) mass is 1040 g/mol. The van der Waals surface area contributed by atoms with Crippen molar-refractivity contribution in [3.8, 4) is 0 Å². The molecule has 2 aliphatic heterocycles. The Morgan fingerprint density at radius 3 is 1.93 bits per heavy atom. The van der Waals surface area contributed by atoms with E-state index in [4.69, 9.17) is 29.4 Å². The van der Waals surface area contributed by atoms with Gasteiger partial charge < -0.3 is 92.0 Å². The van der Waals surface area contributed by atoms with Crippen molar-refractivity contribution in [1.82, 2.24) is 42.8 Å². The van der Waals surface area contributed by atoms with Crippen LogP contribution in [0.1, 0.15) is 65.4 Å². The maximum Gasteiger partial charge on any atom is 0.426 e. The van der Waals surface area contributed by atoms with Crippen LogP contribution in [0.15, 0.2) is 30.3 Å². The summed E-state index contributed by atoms with van der Waals surface area (Å²) in [6, 6.07) is 1.21. The highest BCUT2D eigenvalue weighted by Gasteiger charge is 2.53. The maximum atomic E-state index is 13.5. The molecular formula is C43H65N9O21. The fourth-order valence-corrected chi connectivity index (χ4v) is 7.24. The van der Waals surface area contributed by atoms with Gasteiger partial charge in [-0.25, -0.2) is 10.2 Å². The lowest BCUT2D eigenvalue weighted by Crippen LogP contribution is -2.70. The minimum absolute atomic E-state index is 0.0687. The van der Waals surface area contributed by atoms with Crippen LogP contribution in [0.4, 0.5) is 4.79 Å². The number of hydrogen-bond donors (Lipinski definition) is 15. The van der Waals surface area contributed by atoms with Gasteiger partial charge in [-0.05, 0) is 32.3 Å². The summed E-state index contributed by atoms with van der Waals surface area (Å²) in [5, 5.41) is 75.6. The number of nitrogens with one attached hydrogen (secondary N) is 8. The second-order valence-electron chi connectivity index (χ2n) is 16.8.